The second kappa shape index (κ2) is 10.4. The number of rotatable bonds is 8. The maximum atomic E-state index is 13.3. The molecule has 1 aromatic heterocycles. The second-order valence-corrected chi connectivity index (χ2v) is 8.40. The average molecular weight is 451 g/mol. The Labute approximate surface area is 192 Å². The van der Waals surface area contributed by atoms with Crippen molar-refractivity contribution in [3.8, 4) is 5.75 Å². The fourth-order valence-electron chi connectivity index (χ4n) is 4.16. The lowest BCUT2D eigenvalue weighted by Crippen LogP contribution is -2.19. The van der Waals surface area contributed by atoms with Crippen LogP contribution in [-0.4, -0.2) is 21.8 Å². The van der Waals surface area contributed by atoms with Crippen LogP contribution in [0.5, 0.6) is 5.75 Å². The first kappa shape index (κ1) is 22.7. The molecule has 1 unspecified atom stereocenters. The van der Waals surface area contributed by atoms with Gasteiger partial charge in [-0.3, -0.25) is 0 Å². The molecule has 172 valence electrons. The number of carboxylic acid groups (broad SMARTS) is 1. The molecule has 7 heteroatoms. The number of fused-ring (bicyclic) bond motifs is 1. The van der Waals surface area contributed by atoms with Crippen LogP contribution in [0.2, 0.25) is 0 Å². The largest absolute Gasteiger partial charge is 0.487 e. The molecule has 3 aromatic rings. The molecule has 0 spiro atoms. The molecule has 33 heavy (non-hydrogen) atoms. The normalized spacial score (nSPS) is 15.9. The van der Waals surface area contributed by atoms with Crippen molar-refractivity contribution in [2.45, 2.75) is 51.7 Å². The Hall–Kier alpha value is -3.48. The van der Waals surface area contributed by atoms with Gasteiger partial charge in [0.25, 0.3) is 0 Å². The number of nitrogens with zero attached hydrogens (tertiary/aromatic N) is 2. The quantitative estimate of drug-likeness (QED) is 0.334. The van der Waals surface area contributed by atoms with Crippen molar-refractivity contribution < 1.29 is 23.9 Å². The maximum Gasteiger partial charge on any atom is 0.353 e. The minimum atomic E-state index is -1.09. The van der Waals surface area contributed by atoms with Gasteiger partial charge in [-0.1, -0.05) is 42.6 Å². The zero-order valence-electron chi connectivity index (χ0n) is 18.5. The van der Waals surface area contributed by atoms with Gasteiger partial charge < -0.3 is 14.7 Å². The molecule has 1 fully saturated rings. The van der Waals surface area contributed by atoms with E-state index in [2.05, 4.69) is 10.1 Å². The lowest BCUT2D eigenvalue weighted by Gasteiger charge is -2.29. The van der Waals surface area contributed by atoms with E-state index in [1.54, 1.807) is 6.07 Å². The van der Waals surface area contributed by atoms with Gasteiger partial charge in [-0.05, 0) is 61.7 Å². The van der Waals surface area contributed by atoms with Crippen molar-refractivity contribution in [2.75, 3.05) is 0 Å². The molecule has 0 aliphatic heterocycles. The molecule has 2 aromatic carbocycles. The van der Waals surface area contributed by atoms with Crippen LogP contribution >= 0.6 is 0 Å². The fourth-order valence-corrected chi connectivity index (χ4v) is 4.16. The van der Waals surface area contributed by atoms with E-state index >= 15 is 0 Å². The highest BCUT2D eigenvalue weighted by molar-refractivity contribution is 6.34. The summed E-state index contributed by atoms with van der Waals surface area (Å²) < 4.78 is 19.2. The fraction of sp³-hybridized carbons (Fsp3) is 0.346. The molecule has 1 atom stereocenters. The van der Waals surface area contributed by atoms with Gasteiger partial charge in [0.1, 0.15) is 18.2 Å². The van der Waals surface area contributed by atoms with Crippen LogP contribution in [-0.2, 0) is 16.2 Å². The number of halogens is 1. The van der Waals surface area contributed by atoms with Crippen LogP contribution in [0.1, 0.15) is 56.4 Å². The Bertz CT molecular complexity index is 1140. The first-order valence-electron chi connectivity index (χ1n) is 11.2. The Morgan fingerprint density at radius 2 is 1.88 bits per heavy atom. The average Bonchev–Trinajstić information content (AvgIpc) is 2.84. The number of hydrogen-bond donors (Lipinski definition) is 1. The van der Waals surface area contributed by atoms with E-state index in [4.69, 9.17) is 14.7 Å². The molecular weight excluding hydrogens is 423 g/mol. The van der Waals surface area contributed by atoms with Crippen molar-refractivity contribution in [2.24, 2.45) is 11.1 Å². The van der Waals surface area contributed by atoms with E-state index in [1.165, 1.54) is 25.5 Å². The molecule has 1 saturated carbocycles. The van der Waals surface area contributed by atoms with Gasteiger partial charge in [0.15, 0.2) is 11.8 Å². The number of carboxylic acids is 1. The van der Waals surface area contributed by atoms with E-state index in [0.29, 0.717) is 11.7 Å². The number of ether oxygens (including phenoxy) is 1. The van der Waals surface area contributed by atoms with Gasteiger partial charge in [-0.25, -0.2) is 14.2 Å². The van der Waals surface area contributed by atoms with Crippen molar-refractivity contribution in [1.29, 1.82) is 0 Å². The predicted molar refractivity (Wildman–Crippen MR) is 124 cm³/mol. The van der Waals surface area contributed by atoms with Gasteiger partial charge in [0.2, 0.25) is 0 Å². The first-order valence-corrected chi connectivity index (χ1v) is 11.2. The van der Waals surface area contributed by atoms with Crippen LogP contribution in [0.4, 0.5) is 4.39 Å². The highest BCUT2D eigenvalue weighted by Gasteiger charge is 2.27. The molecule has 0 bridgehead atoms. The molecule has 0 radical (unpaired) electrons. The summed E-state index contributed by atoms with van der Waals surface area (Å²) in [5.41, 5.74) is 2.35. The molecule has 1 heterocycles. The molecule has 0 amide bonds. The van der Waals surface area contributed by atoms with Crippen molar-refractivity contribution in [3.05, 3.63) is 71.7 Å². The van der Waals surface area contributed by atoms with Crippen LogP contribution in [0.15, 0.2) is 59.8 Å². The van der Waals surface area contributed by atoms with Crippen molar-refractivity contribution in [1.82, 2.24) is 4.98 Å². The van der Waals surface area contributed by atoms with Gasteiger partial charge in [0.05, 0.1) is 11.2 Å². The summed E-state index contributed by atoms with van der Waals surface area (Å²) >= 11 is 0. The summed E-state index contributed by atoms with van der Waals surface area (Å²) in [4.78, 5) is 21.4. The SMILES string of the molecule is C/C(=N\OC(c1ccc(OCc2ccc3cc(F)ccc3n2)cc1)C1CCCCC1)C(=O)O. The molecule has 0 saturated heterocycles. The zero-order valence-corrected chi connectivity index (χ0v) is 18.5. The van der Waals surface area contributed by atoms with Crippen LogP contribution in [0, 0.1) is 11.7 Å². The van der Waals surface area contributed by atoms with Gasteiger partial charge in [-0.15, -0.1) is 0 Å². The first-order chi connectivity index (χ1) is 16.0. The van der Waals surface area contributed by atoms with E-state index < -0.39 is 5.97 Å². The Balaban J connectivity index is 1.44. The third-order valence-electron chi connectivity index (χ3n) is 5.99. The summed E-state index contributed by atoms with van der Waals surface area (Å²) in [5.74, 6) is -0.392. The number of carbonyl (C=O) groups is 1. The lowest BCUT2D eigenvalue weighted by atomic mass is 9.83. The van der Waals surface area contributed by atoms with E-state index in [-0.39, 0.29) is 24.2 Å². The molecule has 1 aliphatic rings. The van der Waals surface area contributed by atoms with Crippen LogP contribution in [0.25, 0.3) is 10.9 Å². The topological polar surface area (TPSA) is 81.0 Å². The summed E-state index contributed by atoms with van der Waals surface area (Å²) in [6, 6.07) is 15.8. The van der Waals surface area contributed by atoms with Crippen LogP contribution in [0.3, 0.4) is 0 Å². The third kappa shape index (κ3) is 5.86. The predicted octanol–water partition coefficient (Wildman–Crippen LogP) is 6.05. The molecule has 1 N–H and O–H groups in total. The second-order valence-electron chi connectivity index (χ2n) is 8.40. The Morgan fingerprint density at radius 1 is 1.12 bits per heavy atom. The minimum absolute atomic E-state index is 0.0682. The van der Waals surface area contributed by atoms with Gasteiger partial charge in [0, 0.05) is 11.3 Å². The Kier molecular flexibility index (Phi) is 7.17. The third-order valence-corrected chi connectivity index (χ3v) is 5.99. The summed E-state index contributed by atoms with van der Waals surface area (Å²) in [6.45, 7) is 1.71. The molecule has 6 nitrogen and oxygen atoms in total. The minimum Gasteiger partial charge on any atom is -0.487 e. The smallest absolute Gasteiger partial charge is 0.353 e. The number of benzene rings is 2. The highest BCUT2D eigenvalue weighted by Crippen LogP contribution is 2.37. The monoisotopic (exact) mass is 450 g/mol. The van der Waals surface area contributed by atoms with E-state index in [1.807, 2.05) is 36.4 Å². The van der Waals surface area contributed by atoms with Gasteiger partial charge >= 0.3 is 5.97 Å². The standard InChI is InChI=1S/C26H27FN2O4/c1-17(26(30)31)29-33-25(18-5-3-2-4-6-18)19-8-12-23(13-9-19)32-16-22-11-7-20-15-21(27)10-14-24(20)28-22/h7-15,18,25H,2-6,16H2,1H3,(H,30,31)/b29-17+. The van der Waals surface area contributed by atoms with Crippen molar-refractivity contribution >= 4 is 22.6 Å². The van der Waals surface area contributed by atoms with Crippen LogP contribution < -0.4 is 4.74 Å². The number of pyridine rings is 1. The number of aliphatic carboxylic acids is 1. The summed E-state index contributed by atoms with van der Waals surface area (Å²) in [6.07, 6.45) is 5.25. The van der Waals surface area contributed by atoms with E-state index in [0.717, 1.165) is 47.8 Å². The highest BCUT2D eigenvalue weighted by atomic mass is 19.1. The number of oxime groups is 1. The zero-order chi connectivity index (χ0) is 23.2. The van der Waals surface area contributed by atoms with Gasteiger partial charge in [-0.2, -0.15) is 0 Å². The number of aromatic nitrogens is 1. The summed E-state index contributed by atoms with van der Waals surface area (Å²) in [7, 11) is 0. The Morgan fingerprint density at radius 3 is 2.61 bits per heavy atom. The summed E-state index contributed by atoms with van der Waals surface area (Å²) in [5, 5.41) is 13.7. The molecule has 4 rings (SSSR count). The lowest BCUT2D eigenvalue weighted by molar-refractivity contribution is -0.129. The van der Waals surface area contributed by atoms with E-state index in [9.17, 15) is 9.18 Å². The van der Waals surface area contributed by atoms with Crippen molar-refractivity contribution in [3.63, 3.8) is 0 Å². The number of hydrogen-bond acceptors (Lipinski definition) is 5. The maximum absolute atomic E-state index is 13.3. The molecular formula is C26H27FN2O4. The molecule has 1 aliphatic carbocycles.